The average Bonchev–Trinajstić information content (AvgIpc) is 2.68. The molecular weight excluding hydrogens is 389 g/mol. The lowest BCUT2D eigenvalue weighted by atomic mass is 10.1. The van der Waals surface area contributed by atoms with E-state index in [-0.39, 0.29) is 0 Å². The van der Waals surface area contributed by atoms with Crippen molar-refractivity contribution in [2.24, 2.45) is 0 Å². The Morgan fingerprint density at radius 3 is 2.26 bits per heavy atom. The molecule has 1 saturated heterocycles. The summed E-state index contributed by atoms with van der Waals surface area (Å²) < 4.78 is 16.4. The van der Waals surface area contributed by atoms with Gasteiger partial charge in [0.05, 0.1) is 31.4 Å². The fourth-order valence-electron chi connectivity index (χ4n) is 3.29. The van der Waals surface area contributed by atoms with Crippen molar-refractivity contribution in [1.82, 2.24) is 9.88 Å². The molecular formula is C19H23Cl2N3O3. The monoisotopic (exact) mass is 411 g/mol. The molecule has 1 aromatic carbocycles. The molecule has 0 bridgehead atoms. The van der Waals surface area contributed by atoms with Gasteiger partial charge in [0.25, 0.3) is 0 Å². The largest absolute Gasteiger partial charge is 0.493 e. The molecule has 0 radical (unpaired) electrons. The van der Waals surface area contributed by atoms with Crippen molar-refractivity contribution in [3.05, 3.63) is 40.0 Å². The third-order valence-electron chi connectivity index (χ3n) is 4.64. The van der Waals surface area contributed by atoms with Crippen LogP contribution < -0.4 is 19.1 Å². The highest BCUT2D eigenvalue weighted by molar-refractivity contribution is 6.36. The first-order valence-corrected chi connectivity index (χ1v) is 9.39. The number of methoxy groups -OCH3 is 3. The van der Waals surface area contributed by atoms with Crippen LogP contribution in [0.5, 0.6) is 17.2 Å². The van der Waals surface area contributed by atoms with E-state index in [0.717, 1.165) is 44.1 Å². The van der Waals surface area contributed by atoms with Crippen molar-refractivity contribution in [2.75, 3.05) is 52.4 Å². The Balaban J connectivity index is 1.69. The third-order valence-corrected chi connectivity index (χ3v) is 5.12. The Morgan fingerprint density at radius 1 is 0.963 bits per heavy atom. The van der Waals surface area contributed by atoms with Crippen molar-refractivity contribution < 1.29 is 14.2 Å². The lowest BCUT2D eigenvalue weighted by Gasteiger charge is -2.36. The Labute approximate surface area is 169 Å². The van der Waals surface area contributed by atoms with E-state index in [1.54, 1.807) is 33.6 Å². The number of ether oxygens (including phenoxy) is 3. The molecule has 0 atom stereocenters. The van der Waals surface area contributed by atoms with Gasteiger partial charge in [-0.3, -0.25) is 4.90 Å². The van der Waals surface area contributed by atoms with Gasteiger partial charge in [-0.2, -0.15) is 0 Å². The van der Waals surface area contributed by atoms with Crippen LogP contribution in [0.1, 0.15) is 5.56 Å². The van der Waals surface area contributed by atoms with Crippen LogP contribution in [0.3, 0.4) is 0 Å². The van der Waals surface area contributed by atoms with E-state index in [9.17, 15) is 0 Å². The summed E-state index contributed by atoms with van der Waals surface area (Å²) in [4.78, 5) is 8.92. The highest BCUT2D eigenvalue weighted by atomic mass is 35.5. The summed E-state index contributed by atoms with van der Waals surface area (Å²) in [5.74, 6) is 2.77. The van der Waals surface area contributed by atoms with Gasteiger partial charge >= 0.3 is 0 Å². The van der Waals surface area contributed by atoms with E-state index in [1.165, 1.54) is 0 Å². The van der Waals surface area contributed by atoms with E-state index < -0.39 is 0 Å². The van der Waals surface area contributed by atoms with Crippen LogP contribution in [0.4, 0.5) is 5.82 Å². The number of piperazine rings is 1. The topological polar surface area (TPSA) is 47.1 Å². The molecule has 1 aliphatic rings. The molecule has 1 aromatic heterocycles. The Kier molecular flexibility index (Phi) is 6.52. The van der Waals surface area contributed by atoms with Gasteiger partial charge in [0, 0.05) is 44.5 Å². The molecule has 3 rings (SSSR count). The van der Waals surface area contributed by atoms with Crippen LogP contribution in [-0.4, -0.2) is 57.4 Å². The maximum absolute atomic E-state index is 6.29. The number of benzene rings is 1. The third kappa shape index (κ3) is 4.34. The zero-order valence-corrected chi connectivity index (χ0v) is 17.2. The van der Waals surface area contributed by atoms with Crippen molar-refractivity contribution in [2.45, 2.75) is 6.54 Å². The van der Waals surface area contributed by atoms with E-state index >= 15 is 0 Å². The van der Waals surface area contributed by atoms with Gasteiger partial charge in [0.1, 0.15) is 5.82 Å². The number of rotatable bonds is 6. The number of nitrogens with zero attached hydrogens (tertiary/aromatic N) is 3. The van der Waals surface area contributed by atoms with Crippen LogP contribution >= 0.6 is 23.2 Å². The van der Waals surface area contributed by atoms with E-state index in [2.05, 4.69) is 14.8 Å². The summed E-state index contributed by atoms with van der Waals surface area (Å²) in [6.45, 7) is 4.21. The molecule has 0 amide bonds. The SMILES string of the molecule is COc1ccc(CN2CCN(c3ncc(Cl)cc3Cl)CC2)c(OC)c1OC. The summed E-state index contributed by atoms with van der Waals surface area (Å²) in [5, 5.41) is 1.13. The second-order valence-electron chi connectivity index (χ2n) is 6.22. The molecule has 0 N–H and O–H groups in total. The van der Waals surface area contributed by atoms with Crippen LogP contribution in [0.25, 0.3) is 0 Å². The molecule has 1 fully saturated rings. The molecule has 8 heteroatoms. The van der Waals surface area contributed by atoms with E-state index in [4.69, 9.17) is 37.4 Å². The van der Waals surface area contributed by atoms with Gasteiger partial charge in [-0.1, -0.05) is 29.3 Å². The maximum Gasteiger partial charge on any atom is 0.203 e. The van der Waals surface area contributed by atoms with Crippen molar-refractivity contribution in [3.63, 3.8) is 0 Å². The molecule has 2 heterocycles. The highest BCUT2D eigenvalue weighted by Gasteiger charge is 2.23. The Bertz CT molecular complexity index is 796. The second-order valence-corrected chi connectivity index (χ2v) is 7.06. The van der Waals surface area contributed by atoms with Crippen molar-refractivity contribution in [3.8, 4) is 17.2 Å². The van der Waals surface area contributed by atoms with Gasteiger partial charge in [0.2, 0.25) is 5.75 Å². The van der Waals surface area contributed by atoms with E-state index in [1.807, 2.05) is 12.1 Å². The Hall–Kier alpha value is -1.89. The zero-order valence-electron chi connectivity index (χ0n) is 15.7. The first kappa shape index (κ1) is 19.9. The van der Waals surface area contributed by atoms with Crippen molar-refractivity contribution in [1.29, 1.82) is 0 Å². The molecule has 0 aliphatic carbocycles. The number of aromatic nitrogens is 1. The van der Waals surface area contributed by atoms with Crippen LogP contribution in [0, 0.1) is 0 Å². The number of halogens is 2. The molecule has 0 saturated carbocycles. The lowest BCUT2D eigenvalue weighted by Crippen LogP contribution is -2.46. The highest BCUT2D eigenvalue weighted by Crippen LogP contribution is 2.40. The minimum Gasteiger partial charge on any atom is -0.493 e. The summed E-state index contributed by atoms with van der Waals surface area (Å²) in [5.41, 5.74) is 1.06. The van der Waals surface area contributed by atoms with Crippen LogP contribution in [-0.2, 0) is 6.54 Å². The van der Waals surface area contributed by atoms with Gasteiger partial charge in [-0.15, -0.1) is 0 Å². The van der Waals surface area contributed by atoms with Gasteiger partial charge in [-0.05, 0) is 12.1 Å². The molecule has 27 heavy (non-hydrogen) atoms. The molecule has 146 valence electrons. The van der Waals surface area contributed by atoms with Gasteiger partial charge in [0.15, 0.2) is 11.5 Å². The average molecular weight is 412 g/mol. The molecule has 0 spiro atoms. The summed E-state index contributed by atoms with van der Waals surface area (Å²) >= 11 is 12.2. The molecule has 1 aliphatic heterocycles. The van der Waals surface area contributed by atoms with E-state index in [0.29, 0.717) is 27.3 Å². The van der Waals surface area contributed by atoms with Crippen LogP contribution in [0.2, 0.25) is 10.0 Å². The standard InChI is InChI=1S/C19H23Cl2N3O3/c1-25-16-5-4-13(17(26-2)18(16)27-3)12-23-6-8-24(9-7-23)19-15(21)10-14(20)11-22-19/h4-5,10-11H,6-9,12H2,1-3H3. The normalized spacial score (nSPS) is 14.9. The fourth-order valence-corrected chi connectivity index (χ4v) is 3.79. The minimum atomic E-state index is 0.544. The first-order valence-electron chi connectivity index (χ1n) is 8.63. The summed E-state index contributed by atoms with van der Waals surface area (Å²) in [6, 6.07) is 5.65. The number of anilines is 1. The number of hydrogen-bond donors (Lipinski definition) is 0. The summed E-state index contributed by atoms with van der Waals surface area (Å²) in [6.07, 6.45) is 1.63. The molecule has 6 nitrogen and oxygen atoms in total. The lowest BCUT2D eigenvalue weighted by molar-refractivity contribution is 0.243. The van der Waals surface area contributed by atoms with Crippen molar-refractivity contribution >= 4 is 29.0 Å². The smallest absolute Gasteiger partial charge is 0.203 e. The number of pyridine rings is 1. The predicted octanol–water partition coefficient (Wildman–Crippen LogP) is 3.74. The zero-order chi connectivity index (χ0) is 19.4. The van der Waals surface area contributed by atoms with Gasteiger partial charge < -0.3 is 19.1 Å². The molecule has 2 aromatic rings. The minimum absolute atomic E-state index is 0.544. The fraction of sp³-hybridized carbons (Fsp3) is 0.421. The van der Waals surface area contributed by atoms with Crippen LogP contribution in [0.15, 0.2) is 24.4 Å². The second kappa shape index (κ2) is 8.87. The maximum atomic E-state index is 6.29. The quantitative estimate of drug-likeness (QED) is 0.721. The van der Waals surface area contributed by atoms with Gasteiger partial charge in [-0.25, -0.2) is 4.98 Å². The number of hydrogen-bond acceptors (Lipinski definition) is 6. The molecule has 0 unspecified atom stereocenters. The first-order chi connectivity index (χ1) is 13.1. The Morgan fingerprint density at radius 2 is 1.67 bits per heavy atom. The summed E-state index contributed by atoms with van der Waals surface area (Å²) in [7, 11) is 4.88. The predicted molar refractivity (Wildman–Crippen MR) is 108 cm³/mol.